The number of nitrogens with zero attached hydrogens (tertiary/aromatic N) is 1. The first kappa shape index (κ1) is 17.9. The summed E-state index contributed by atoms with van der Waals surface area (Å²) in [6.45, 7) is 1.67. The number of anilines is 2. The molecule has 4 N–H and O–H groups in total. The highest BCUT2D eigenvalue weighted by molar-refractivity contribution is 7.20. The zero-order chi connectivity index (χ0) is 19.8. The quantitative estimate of drug-likeness (QED) is 0.490. The number of amides is 1. The second-order valence-corrected chi connectivity index (χ2v) is 7.32. The van der Waals surface area contributed by atoms with Gasteiger partial charge in [-0.25, -0.2) is 9.49 Å². The summed E-state index contributed by atoms with van der Waals surface area (Å²) in [5.74, 6) is -0.956. The van der Waals surface area contributed by atoms with Crippen molar-refractivity contribution in [2.45, 2.75) is 6.92 Å². The minimum Gasteiger partial charge on any atom is -0.394 e. The van der Waals surface area contributed by atoms with E-state index in [0.29, 0.717) is 21.7 Å². The highest BCUT2D eigenvalue weighted by atomic mass is 32.1. The van der Waals surface area contributed by atoms with E-state index >= 15 is 0 Å². The molecule has 4 rings (SSSR count). The van der Waals surface area contributed by atoms with Crippen molar-refractivity contribution in [2.75, 3.05) is 11.1 Å². The number of nitrogens with two attached hydrogens (primary N) is 1. The van der Waals surface area contributed by atoms with Crippen molar-refractivity contribution >= 4 is 38.7 Å². The predicted molar refractivity (Wildman–Crippen MR) is 109 cm³/mol. The Morgan fingerprint density at radius 3 is 2.75 bits per heavy atom. The van der Waals surface area contributed by atoms with Crippen molar-refractivity contribution in [1.29, 1.82) is 0 Å². The van der Waals surface area contributed by atoms with Crippen LogP contribution in [0.15, 0.2) is 53.3 Å². The van der Waals surface area contributed by atoms with Gasteiger partial charge in [0.25, 0.3) is 11.5 Å². The molecule has 28 heavy (non-hydrogen) atoms. The zero-order valence-electron chi connectivity index (χ0n) is 14.7. The number of hydrogen-bond donors (Lipinski definition) is 3. The molecule has 1 amide bonds. The first-order valence-corrected chi connectivity index (χ1v) is 9.20. The van der Waals surface area contributed by atoms with Crippen molar-refractivity contribution in [3.05, 3.63) is 75.1 Å². The maximum absolute atomic E-state index is 14.5. The molecule has 140 valence electrons. The predicted octanol–water partition coefficient (Wildman–Crippen LogP) is 3.93. The Labute approximate surface area is 162 Å². The molecule has 0 saturated carbocycles. The van der Waals surface area contributed by atoms with Gasteiger partial charge < -0.3 is 11.1 Å². The molecule has 2 aromatic heterocycles. The number of carbonyl (C=O) groups is 1. The number of nitrogen functional groups attached to an aromatic ring is 1. The molecule has 0 unspecified atom stereocenters. The van der Waals surface area contributed by atoms with Crippen LogP contribution < -0.4 is 16.6 Å². The molecular weight excluding hydrogens is 379 g/mol. The van der Waals surface area contributed by atoms with E-state index in [1.165, 1.54) is 29.5 Å². The fraction of sp³-hybridized carbons (Fsp3) is 0.0500. The van der Waals surface area contributed by atoms with E-state index < -0.39 is 17.3 Å². The lowest BCUT2D eigenvalue weighted by molar-refractivity contribution is 0.103. The number of H-pyrrole nitrogens is 1. The van der Waals surface area contributed by atoms with Crippen molar-refractivity contribution in [3.63, 3.8) is 0 Å². The number of carbonyl (C=O) groups excluding carboxylic acids is 1. The average molecular weight is 394 g/mol. The van der Waals surface area contributed by atoms with Crippen LogP contribution in [0.5, 0.6) is 0 Å². The monoisotopic (exact) mass is 394 g/mol. The average Bonchev–Trinajstić information content (AvgIpc) is 3.12. The van der Waals surface area contributed by atoms with Gasteiger partial charge in [0.1, 0.15) is 11.5 Å². The van der Waals surface area contributed by atoms with Gasteiger partial charge in [-0.2, -0.15) is 5.10 Å². The van der Waals surface area contributed by atoms with Crippen LogP contribution in [0, 0.1) is 12.7 Å². The van der Waals surface area contributed by atoms with Crippen LogP contribution in [-0.2, 0) is 0 Å². The summed E-state index contributed by atoms with van der Waals surface area (Å²) in [6.07, 6.45) is 0. The molecule has 2 aromatic carbocycles. The van der Waals surface area contributed by atoms with Crippen molar-refractivity contribution in [3.8, 4) is 11.3 Å². The molecule has 8 heteroatoms. The lowest BCUT2D eigenvalue weighted by atomic mass is 10.0. The van der Waals surface area contributed by atoms with Gasteiger partial charge in [-0.05, 0) is 48.2 Å². The lowest BCUT2D eigenvalue weighted by Gasteiger charge is -2.13. The largest absolute Gasteiger partial charge is 0.394 e. The standard InChI is InChI=1S/C20H15FN4O2S/c1-10-12(15-9-14(22)19(26)25-24-15)6-7-13(21)18(10)23-20(27)17-8-11-4-2-3-5-16(11)28-17/h2-9H,1H3,(H2,22,24)(H,23,27)(H,25,26). The molecule has 0 atom stereocenters. The van der Waals surface area contributed by atoms with E-state index in [0.717, 1.165) is 10.1 Å². The number of thiophene rings is 1. The Kier molecular flexibility index (Phi) is 4.40. The SMILES string of the molecule is Cc1c(-c2cc(N)c(=O)[nH]n2)ccc(F)c1NC(=O)c1cc2ccccc2s1. The summed E-state index contributed by atoms with van der Waals surface area (Å²) in [5, 5.41) is 9.87. The van der Waals surface area contributed by atoms with Gasteiger partial charge in [0, 0.05) is 10.3 Å². The fourth-order valence-corrected chi connectivity index (χ4v) is 3.90. The number of nitrogens with one attached hydrogen (secondary N) is 2. The maximum atomic E-state index is 14.5. The maximum Gasteiger partial charge on any atom is 0.287 e. The van der Waals surface area contributed by atoms with Crippen LogP contribution in [0.2, 0.25) is 0 Å². The summed E-state index contributed by atoms with van der Waals surface area (Å²) in [4.78, 5) is 24.6. The zero-order valence-corrected chi connectivity index (χ0v) is 15.6. The number of halogens is 1. The first-order valence-electron chi connectivity index (χ1n) is 8.38. The molecule has 6 nitrogen and oxygen atoms in total. The third-order valence-corrected chi connectivity index (χ3v) is 5.53. The van der Waals surface area contributed by atoms with Crippen molar-refractivity contribution in [1.82, 2.24) is 10.2 Å². The third kappa shape index (κ3) is 3.14. The summed E-state index contributed by atoms with van der Waals surface area (Å²) >= 11 is 1.34. The topological polar surface area (TPSA) is 101 Å². The van der Waals surface area contributed by atoms with E-state index in [9.17, 15) is 14.0 Å². The third-order valence-electron chi connectivity index (χ3n) is 4.41. The minimum atomic E-state index is -0.562. The van der Waals surface area contributed by atoms with Gasteiger partial charge in [-0.15, -0.1) is 11.3 Å². The van der Waals surface area contributed by atoms with E-state index in [1.54, 1.807) is 13.0 Å². The van der Waals surface area contributed by atoms with Gasteiger partial charge in [-0.1, -0.05) is 18.2 Å². The minimum absolute atomic E-state index is 0.00425. The Balaban J connectivity index is 1.72. The van der Waals surface area contributed by atoms with Gasteiger partial charge in [-0.3, -0.25) is 9.59 Å². The van der Waals surface area contributed by atoms with Crippen LogP contribution in [0.3, 0.4) is 0 Å². The summed E-state index contributed by atoms with van der Waals surface area (Å²) in [7, 11) is 0. The Morgan fingerprint density at radius 2 is 2.00 bits per heavy atom. The lowest BCUT2D eigenvalue weighted by Crippen LogP contribution is -2.15. The van der Waals surface area contributed by atoms with Gasteiger partial charge in [0.05, 0.1) is 16.3 Å². The van der Waals surface area contributed by atoms with Crippen LogP contribution >= 0.6 is 11.3 Å². The van der Waals surface area contributed by atoms with Crippen LogP contribution in [0.25, 0.3) is 21.3 Å². The Morgan fingerprint density at radius 1 is 1.21 bits per heavy atom. The molecule has 0 spiro atoms. The molecule has 0 aliphatic heterocycles. The molecule has 0 bridgehead atoms. The molecule has 2 heterocycles. The molecular formula is C20H15FN4O2S. The number of hydrogen-bond acceptors (Lipinski definition) is 5. The molecule has 0 aliphatic rings. The number of rotatable bonds is 3. The van der Waals surface area contributed by atoms with Gasteiger partial charge in [0.15, 0.2) is 0 Å². The van der Waals surface area contributed by atoms with Crippen molar-refractivity contribution < 1.29 is 9.18 Å². The molecule has 0 radical (unpaired) electrons. The smallest absolute Gasteiger partial charge is 0.287 e. The highest BCUT2D eigenvalue weighted by Crippen LogP contribution is 2.31. The van der Waals surface area contributed by atoms with Gasteiger partial charge in [0.2, 0.25) is 0 Å². The van der Waals surface area contributed by atoms with Crippen LogP contribution in [-0.4, -0.2) is 16.1 Å². The number of aromatic amines is 1. The molecule has 0 fully saturated rings. The first-order chi connectivity index (χ1) is 13.4. The second kappa shape index (κ2) is 6.90. The van der Waals surface area contributed by atoms with Crippen LogP contribution in [0.1, 0.15) is 15.2 Å². The second-order valence-electron chi connectivity index (χ2n) is 6.24. The summed E-state index contributed by atoms with van der Waals surface area (Å²) < 4.78 is 15.4. The summed E-state index contributed by atoms with van der Waals surface area (Å²) in [5.41, 5.74) is 6.62. The van der Waals surface area contributed by atoms with E-state index in [4.69, 9.17) is 5.73 Å². The normalized spacial score (nSPS) is 10.9. The van der Waals surface area contributed by atoms with E-state index in [2.05, 4.69) is 15.5 Å². The highest BCUT2D eigenvalue weighted by Gasteiger charge is 2.17. The molecule has 0 saturated heterocycles. The number of fused-ring (bicyclic) bond motifs is 1. The van der Waals surface area contributed by atoms with Crippen molar-refractivity contribution in [2.24, 2.45) is 0 Å². The van der Waals surface area contributed by atoms with Gasteiger partial charge >= 0.3 is 0 Å². The molecule has 0 aliphatic carbocycles. The number of benzene rings is 2. The van der Waals surface area contributed by atoms with Crippen LogP contribution in [0.4, 0.5) is 15.8 Å². The fourth-order valence-electron chi connectivity index (χ4n) is 2.94. The van der Waals surface area contributed by atoms with E-state index in [1.807, 2.05) is 24.3 Å². The van der Waals surface area contributed by atoms with E-state index in [-0.39, 0.29) is 11.4 Å². The Bertz CT molecular complexity index is 1250. The molecule has 4 aromatic rings. The summed E-state index contributed by atoms with van der Waals surface area (Å²) in [6, 6.07) is 13.6. The number of aromatic nitrogens is 2. The Hall–Kier alpha value is -3.52.